The average Bonchev–Trinajstić information content (AvgIpc) is 3.51. The molecular weight excluding hydrogens is 481 g/mol. The largest absolute Gasteiger partial charge is 0.353 e. The summed E-state index contributed by atoms with van der Waals surface area (Å²) in [6.45, 7) is 5.54. The monoisotopic (exact) mass is 505 g/mol. The van der Waals surface area contributed by atoms with Crippen LogP contribution in [0, 0.1) is 18.7 Å². The van der Waals surface area contributed by atoms with Crippen LogP contribution in [0.1, 0.15) is 19.4 Å². The summed E-state index contributed by atoms with van der Waals surface area (Å²) in [6.07, 6.45) is 6.76. The number of nitrogens with zero attached hydrogens (tertiary/aromatic N) is 4. The number of benzene rings is 1. The molecule has 0 unspecified atom stereocenters. The number of amides is 1. The molecule has 188 valence electrons. The van der Waals surface area contributed by atoms with Gasteiger partial charge in [-0.15, -0.1) is 0 Å². The highest BCUT2D eigenvalue weighted by atomic mass is 19.1. The maximum absolute atomic E-state index is 14.1. The van der Waals surface area contributed by atoms with Gasteiger partial charge in [0.2, 0.25) is 5.91 Å². The molecule has 8 nitrogen and oxygen atoms in total. The number of rotatable bonds is 5. The Morgan fingerprint density at radius 1 is 0.921 bits per heavy atom. The van der Waals surface area contributed by atoms with E-state index in [0.29, 0.717) is 22.6 Å². The second kappa shape index (κ2) is 9.19. The van der Waals surface area contributed by atoms with Gasteiger partial charge in [0, 0.05) is 45.7 Å². The number of aromatic amines is 2. The number of fused-ring (bicyclic) bond motifs is 2. The number of aromatic nitrogens is 6. The molecule has 9 heteroatoms. The zero-order valence-corrected chi connectivity index (χ0v) is 21.0. The Kier molecular flexibility index (Phi) is 5.68. The summed E-state index contributed by atoms with van der Waals surface area (Å²) in [5, 5.41) is 12.2. The van der Waals surface area contributed by atoms with Crippen LogP contribution >= 0.6 is 0 Å². The van der Waals surface area contributed by atoms with E-state index in [2.05, 4.69) is 35.5 Å². The molecule has 0 saturated carbocycles. The smallest absolute Gasteiger partial charge is 0.226 e. The van der Waals surface area contributed by atoms with Crippen molar-refractivity contribution in [2.45, 2.75) is 20.8 Å². The third-order valence-electron chi connectivity index (χ3n) is 6.39. The summed E-state index contributed by atoms with van der Waals surface area (Å²) < 4.78 is 14.1. The fourth-order valence-corrected chi connectivity index (χ4v) is 4.50. The molecule has 5 heterocycles. The molecule has 6 rings (SSSR count). The van der Waals surface area contributed by atoms with E-state index in [0.717, 1.165) is 44.3 Å². The second-order valence-corrected chi connectivity index (χ2v) is 9.61. The van der Waals surface area contributed by atoms with Crippen LogP contribution < -0.4 is 5.32 Å². The first-order valence-electron chi connectivity index (χ1n) is 12.2. The normalized spacial score (nSPS) is 11.5. The Hall–Kier alpha value is -4.92. The lowest BCUT2D eigenvalue weighted by molar-refractivity contribution is -0.118. The maximum atomic E-state index is 14.1. The molecule has 0 atom stereocenters. The van der Waals surface area contributed by atoms with E-state index in [9.17, 15) is 9.18 Å². The SMILES string of the molecule is Cc1cc(F)cc(-c2nccc3[nH]c(-c4n[nH]c5cnc(-c6cncc(NC(=O)C(C)C)c6)cc45)cc23)c1. The van der Waals surface area contributed by atoms with E-state index in [-0.39, 0.29) is 17.6 Å². The molecule has 0 fully saturated rings. The van der Waals surface area contributed by atoms with Gasteiger partial charge < -0.3 is 10.3 Å². The number of pyridine rings is 3. The first-order chi connectivity index (χ1) is 18.4. The molecule has 3 N–H and O–H groups in total. The third kappa shape index (κ3) is 4.28. The Morgan fingerprint density at radius 3 is 2.58 bits per heavy atom. The van der Waals surface area contributed by atoms with Crippen molar-refractivity contribution in [2.75, 3.05) is 5.32 Å². The number of H-pyrrole nitrogens is 2. The highest BCUT2D eigenvalue weighted by Gasteiger charge is 2.16. The lowest BCUT2D eigenvalue weighted by atomic mass is 10.0. The molecule has 1 aromatic carbocycles. The van der Waals surface area contributed by atoms with Crippen LogP contribution in [-0.4, -0.2) is 36.0 Å². The van der Waals surface area contributed by atoms with E-state index in [1.807, 2.05) is 51.1 Å². The van der Waals surface area contributed by atoms with Gasteiger partial charge in [0.1, 0.15) is 11.5 Å². The number of nitrogens with one attached hydrogen (secondary N) is 3. The predicted octanol–water partition coefficient (Wildman–Crippen LogP) is 6.27. The van der Waals surface area contributed by atoms with Crippen molar-refractivity contribution in [3.63, 3.8) is 0 Å². The summed E-state index contributed by atoms with van der Waals surface area (Å²) in [7, 11) is 0. The van der Waals surface area contributed by atoms with Crippen LogP contribution in [0.5, 0.6) is 0 Å². The second-order valence-electron chi connectivity index (χ2n) is 9.61. The molecule has 5 aromatic heterocycles. The van der Waals surface area contributed by atoms with E-state index < -0.39 is 0 Å². The number of hydrogen-bond acceptors (Lipinski definition) is 5. The molecule has 1 amide bonds. The Morgan fingerprint density at radius 2 is 1.76 bits per heavy atom. The van der Waals surface area contributed by atoms with Crippen molar-refractivity contribution >= 4 is 33.4 Å². The lowest BCUT2D eigenvalue weighted by Gasteiger charge is -2.08. The van der Waals surface area contributed by atoms with Gasteiger partial charge in [-0.25, -0.2) is 4.39 Å². The van der Waals surface area contributed by atoms with Crippen molar-refractivity contribution in [3.8, 4) is 33.9 Å². The summed E-state index contributed by atoms with van der Waals surface area (Å²) >= 11 is 0. The fourth-order valence-electron chi connectivity index (χ4n) is 4.50. The third-order valence-corrected chi connectivity index (χ3v) is 6.39. The molecule has 38 heavy (non-hydrogen) atoms. The van der Waals surface area contributed by atoms with Crippen LogP contribution in [0.15, 0.2) is 67.3 Å². The number of aryl methyl sites for hydroxylation is 1. The van der Waals surface area contributed by atoms with E-state index in [1.165, 1.54) is 12.1 Å². The molecule has 0 radical (unpaired) electrons. The van der Waals surface area contributed by atoms with Crippen molar-refractivity contribution < 1.29 is 9.18 Å². The number of anilines is 1. The maximum Gasteiger partial charge on any atom is 0.226 e. The number of carbonyl (C=O) groups is 1. The minimum Gasteiger partial charge on any atom is -0.353 e. The van der Waals surface area contributed by atoms with Crippen LogP contribution in [-0.2, 0) is 4.79 Å². The van der Waals surface area contributed by atoms with E-state index >= 15 is 0 Å². The van der Waals surface area contributed by atoms with Gasteiger partial charge in [0.05, 0.1) is 40.7 Å². The highest BCUT2D eigenvalue weighted by molar-refractivity contribution is 6.00. The summed E-state index contributed by atoms with van der Waals surface area (Å²) in [5.41, 5.74) is 7.48. The van der Waals surface area contributed by atoms with Gasteiger partial charge in [-0.1, -0.05) is 13.8 Å². The first-order valence-corrected chi connectivity index (χ1v) is 12.2. The number of halogens is 1. The van der Waals surface area contributed by atoms with Gasteiger partial charge in [-0.2, -0.15) is 5.10 Å². The number of carbonyl (C=O) groups excluding carboxylic acids is 1. The van der Waals surface area contributed by atoms with Crippen LogP contribution in [0.3, 0.4) is 0 Å². The minimum absolute atomic E-state index is 0.0782. The molecule has 0 saturated heterocycles. The van der Waals surface area contributed by atoms with Gasteiger partial charge in [0.15, 0.2) is 0 Å². The predicted molar refractivity (Wildman–Crippen MR) is 146 cm³/mol. The van der Waals surface area contributed by atoms with E-state index in [4.69, 9.17) is 0 Å². The lowest BCUT2D eigenvalue weighted by Crippen LogP contribution is -2.17. The zero-order valence-electron chi connectivity index (χ0n) is 21.0. The summed E-state index contributed by atoms with van der Waals surface area (Å²) in [5.74, 6) is -0.514. The highest BCUT2D eigenvalue weighted by Crippen LogP contribution is 2.34. The summed E-state index contributed by atoms with van der Waals surface area (Å²) in [4.78, 5) is 29.0. The Balaban J connectivity index is 1.42. The number of hydrogen-bond donors (Lipinski definition) is 3. The quantitative estimate of drug-likeness (QED) is 0.256. The van der Waals surface area contributed by atoms with Crippen LogP contribution in [0.4, 0.5) is 10.1 Å². The Bertz CT molecular complexity index is 1820. The molecule has 0 spiro atoms. The first kappa shape index (κ1) is 23.5. The van der Waals surface area contributed by atoms with Crippen LogP contribution in [0.25, 0.3) is 55.7 Å². The van der Waals surface area contributed by atoms with Gasteiger partial charge in [-0.3, -0.25) is 24.8 Å². The average molecular weight is 506 g/mol. The van der Waals surface area contributed by atoms with Gasteiger partial charge >= 0.3 is 0 Å². The minimum atomic E-state index is -0.296. The zero-order chi connectivity index (χ0) is 26.4. The fraction of sp³-hybridized carbons (Fsp3) is 0.138. The summed E-state index contributed by atoms with van der Waals surface area (Å²) in [6, 6.07) is 12.6. The molecule has 0 aliphatic heterocycles. The van der Waals surface area contributed by atoms with Crippen molar-refractivity contribution in [1.29, 1.82) is 0 Å². The van der Waals surface area contributed by atoms with Crippen molar-refractivity contribution in [2.24, 2.45) is 5.92 Å². The molecule has 0 aliphatic rings. The molecular formula is C29H24FN7O. The topological polar surface area (TPSA) is 112 Å². The molecule has 0 bridgehead atoms. The van der Waals surface area contributed by atoms with E-state index in [1.54, 1.807) is 24.8 Å². The standard InChI is InChI=1S/C29H24FN7O/c1-15(2)29(38)34-20-9-18(12-31-13-20)24-10-22-26(14-33-24)36-37-28(22)25-11-21-23(35-25)4-5-32-27(21)17-6-16(3)7-19(30)8-17/h4-15,35H,1-3H3,(H,34,38)(H,36,37). The van der Waals surface area contributed by atoms with Crippen molar-refractivity contribution in [3.05, 3.63) is 78.6 Å². The van der Waals surface area contributed by atoms with Gasteiger partial charge in [-0.05, 0) is 55.0 Å². The Labute approximate surface area is 217 Å². The van der Waals surface area contributed by atoms with Gasteiger partial charge in [0.25, 0.3) is 0 Å². The molecule has 0 aliphatic carbocycles. The van der Waals surface area contributed by atoms with Crippen LogP contribution in [0.2, 0.25) is 0 Å². The molecule has 6 aromatic rings. The van der Waals surface area contributed by atoms with Crippen molar-refractivity contribution in [1.82, 2.24) is 30.1 Å².